The summed E-state index contributed by atoms with van der Waals surface area (Å²) in [4.78, 5) is 14.4. The van der Waals surface area contributed by atoms with Crippen LogP contribution in [0.3, 0.4) is 0 Å². The molecule has 2 fully saturated rings. The molecular formula is C23H34N6O. The number of hydrogen-bond donors (Lipinski definition) is 1. The maximum absolute atomic E-state index is 5.48. The van der Waals surface area contributed by atoms with Gasteiger partial charge in [0.1, 0.15) is 12.4 Å². The largest absolute Gasteiger partial charge is 0.379 e. The van der Waals surface area contributed by atoms with E-state index in [1.165, 1.54) is 18.5 Å². The van der Waals surface area contributed by atoms with Crippen molar-refractivity contribution >= 4 is 5.96 Å². The van der Waals surface area contributed by atoms with Crippen LogP contribution in [0.15, 0.2) is 47.7 Å². The SMILES string of the molecule is CCNC(=NCc1nccn1Cc1ccccc1)N1CCC(CN2CCOCC2)C1. The lowest BCUT2D eigenvalue weighted by Crippen LogP contribution is -2.42. The zero-order chi connectivity index (χ0) is 20.6. The molecule has 3 heterocycles. The first-order valence-electron chi connectivity index (χ1n) is 11.2. The van der Waals surface area contributed by atoms with Gasteiger partial charge >= 0.3 is 0 Å². The minimum absolute atomic E-state index is 0.590. The quantitative estimate of drug-likeness (QED) is 0.559. The fourth-order valence-electron chi connectivity index (χ4n) is 4.31. The molecule has 0 aliphatic carbocycles. The van der Waals surface area contributed by atoms with E-state index >= 15 is 0 Å². The Morgan fingerprint density at radius 3 is 2.83 bits per heavy atom. The predicted molar refractivity (Wildman–Crippen MR) is 120 cm³/mol. The van der Waals surface area contributed by atoms with Gasteiger partial charge in [-0.05, 0) is 24.8 Å². The lowest BCUT2D eigenvalue weighted by Gasteiger charge is -2.29. The van der Waals surface area contributed by atoms with Crippen LogP contribution in [0.4, 0.5) is 0 Å². The maximum atomic E-state index is 5.48. The Bertz CT molecular complexity index is 799. The summed E-state index contributed by atoms with van der Waals surface area (Å²) in [5.41, 5.74) is 1.28. The normalized spacial score (nSPS) is 20.6. The monoisotopic (exact) mass is 410 g/mol. The van der Waals surface area contributed by atoms with Crippen LogP contribution < -0.4 is 5.32 Å². The van der Waals surface area contributed by atoms with Gasteiger partial charge in [0.15, 0.2) is 5.96 Å². The number of aromatic nitrogens is 2. The van der Waals surface area contributed by atoms with Crippen LogP contribution in [-0.4, -0.2) is 77.8 Å². The molecule has 1 aromatic carbocycles. The highest BCUT2D eigenvalue weighted by molar-refractivity contribution is 5.80. The Balaban J connectivity index is 1.36. The van der Waals surface area contributed by atoms with E-state index in [4.69, 9.17) is 9.73 Å². The minimum atomic E-state index is 0.590. The van der Waals surface area contributed by atoms with E-state index < -0.39 is 0 Å². The second kappa shape index (κ2) is 10.6. The van der Waals surface area contributed by atoms with Crippen LogP contribution in [0, 0.1) is 5.92 Å². The van der Waals surface area contributed by atoms with Gasteiger partial charge in [0.05, 0.1) is 13.2 Å². The summed E-state index contributed by atoms with van der Waals surface area (Å²) in [5, 5.41) is 3.49. The summed E-state index contributed by atoms with van der Waals surface area (Å²) in [6.07, 6.45) is 5.14. The van der Waals surface area contributed by atoms with Crippen molar-refractivity contribution in [1.82, 2.24) is 24.7 Å². The molecule has 0 amide bonds. The zero-order valence-electron chi connectivity index (χ0n) is 18.0. The third-order valence-electron chi connectivity index (χ3n) is 5.91. The lowest BCUT2D eigenvalue weighted by molar-refractivity contribution is 0.0315. The Hall–Kier alpha value is -2.38. The smallest absolute Gasteiger partial charge is 0.194 e. The molecule has 2 aromatic rings. The lowest BCUT2D eigenvalue weighted by atomic mass is 10.1. The van der Waals surface area contributed by atoms with E-state index in [0.717, 1.165) is 64.3 Å². The molecule has 2 aliphatic rings. The number of imidazole rings is 1. The van der Waals surface area contributed by atoms with Gasteiger partial charge in [-0.1, -0.05) is 30.3 Å². The van der Waals surface area contributed by atoms with Crippen LogP contribution in [0.5, 0.6) is 0 Å². The molecule has 1 atom stereocenters. The molecule has 1 aromatic heterocycles. The van der Waals surface area contributed by atoms with Crippen LogP contribution in [0.1, 0.15) is 24.7 Å². The summed E-state index contributed by atoms with van der Waals surface area (Å²) >= 11 is 0. The third kappa shape index (κ3) is 5.61. The Kier molecular flexibility index (Phi) is 7.37. The fourth-order valence-corrected chi connectivity index (χ4v) is 4.31. The highest BCUT2D eigenvalue weighted by Crippen LogP contribution is 2.18. The molecule has 7 nitrogen and oxygen atoms in total. The fraction of sp³-hybridized carbons (Fsp3) is 0.565. The maximum Gasteiger partial charge on any atom is 0.194 e. The number of likely N-dealkylation sites (tertiary alicyclic amines) is 1. The third-order valence-corrected chi connectivity index (χ3v) is 5.91. The van der Waals surface area contributed by atoms with E-state index in [2.05, 4.69) is 55.9 Å². The van der Waals surface area contributed by atoms with Crippen molar-refractivity contribution in [1.29, 1.82) is 0 Å². The molecule has 0 spiro atoms. The van der Waals surface area contributed by atoms with E-state index in [9.17, 15) is 0 Å². The number of morpholine rings is 1. The van der Waals surface area contributed by atoms with E-state index in [0.29, 0.717) is 12.5 Å². The van der Waals surface area contributed by atoms with Crippen molar-refractivity contribution < 1.29 is 4.74 Å². The number of benzene rings is 1. The van der Waals surface area contributed by atoms with Crippen LogP contribution in [-0.2, 0) is 17.8 Å². The second-order valence-corrected chi connectivity index (χ2v) is 8.14. The molecule has 2 aliphatic heterocycles. The van der Waals surface area contributed by atoms with Crippen molar-refractivity contribution in [2.75, 3.05) is 52.5 Å². The second-order valence-electron chi connectivity index (χ2n) is 8.14. The standard InChI is InChI=1S/C23H34N6O/c1-2-24-23(29-10-8-21(19-29)17-27-12-14-30-15-13-27)26-16-22-25-9-11-28(22)18-20-6-4-3-5-7-20/h3-7,9,11,21H,2,8,10,12-19H2,1H3,(H,24,26). The number of hydrogen-bond acceptors (Lipinski definition) is 4. The van der Waals surface area contributed by atoms with Crippen LogP contribution >= 0.6 is 0 Å². The van der Waals surface area contributed by atoms with E-state index in [1.54, 1.807) is 0 Å². The summed E-state index contributed by atoms with van der Waals surface area (Å²) in [5.74, 6) is 2.71. The molecule has 0 bridgehead atoms. The summed E-state index contributed by atoms with van der Waals surface area (Å²) < 4.78 is 7.67. The molecule has 1 unspecified atom stereocenters. The molecule has 1 N–H and O–H groups in total. The predicted octanol–water partition coefficient (Wildman–Crippen LogP) is 2.05. The number of nitrogens with zero attached hydrogens (tertiary/aromatic N) is 5. The Morgan fingerprint density at radius 2 is 2.03 bits per heavy atom. The van der Waals surface area contributed by atoms with E-state index in [1.807, 2.05) is 18.5 Å². The van der Waals surface area contributed by atoms with Gasteiger partial charge in [0.2, 0.25) is 0 Å². The summed E-state index contributed by atoms with van der Waals surface area (Å²) in [6, 6.07) is 10.5. The number of nitrogens with one attached hydrogen (secondary N) is 1. The highest BCUT2D eigenvalue weighted by atomic mass is 16.5. The van der Waals surface area contributed by atoms with Crippen LogP contribution in [0.2, 0.25) is 0 Å². The Morgan fingerprint density at radius 1 is 1.20 bits per heavy atom. The van der Waals surface area contributed by atoms with Gasteiger partial charge in [0.25, 0.3) is 0 Å². The number of aliphatic imine (C=N–C) groups is 1. The molecule has 0 radical (unpaired) electrons. The highest BCUT2D eigenvalue weighted by Gasteiger charge is 2.27. The topological polar surface area (TPSA) is 57.9 Å². The van der Waals surface area contributed by atoms with Gasteiger partial charge in [-0.3, -0.25) is 4.90 Å². The number of guanidine groups is 1. The average Bonchev–Trinajstić information content (AvgIpc) is 3.42. The van der Waals surface area contributed by atoms with Crippen molar-refractivity contribution in [3.8, 4) is 0 Å². The average molecular weight is 411 g/mol. The van der Waals surface area contributed by atoms with Crippen molar-refractivity contribution in [2.45, 2.75) is 26.4 Å². The molecule has 2 saturated heterocycles. The molecule has 4 rings (SSSR count). The molecule has 162 valence electrons. The van der Waals surface area contributed by atoms with Crippen molar-refractivity contribution in [3.05, 3.63) is 54.1 Å². The first-order chi connectivity index (χ1) is 14.8. The molecule has 0 saturated carbocycles. The molecular weight excluding hydrogens is 376 g/mol. The summed E-state index contributed by atoms with van der Waals surface area (Å²) in [7, 11) is 0. The summed E-state index contributed by atoms with van der Waals surface area (Å²) in [6.45, 7) is 11.6. The van der Waals surface area contributed by atoms with Crippen molar-refractivity contribution in [3.63, 3.8) is 0 Å². The first kappa shape index (κ1) is 20.9. The van der Waals surface area contributed by atoms with Gasteiger partial charge in [-0.2, -0.15) is 0 Å². The molecule has 7 heteroatoms. The number of rotatable bonds is 7. The molecule has 30 heavy (non-hydrogen) atoms. The van der Waals surface area contributed by atoms with Gasteiger partial charge in [0, 0.05) is 58.2 Å². The minimum Gasteiger partial charge on any atom is -0.379 e. The van der Waals surface area contributed by atoms with Gasteiger partial charge in [-0.15, -0.1) is 0 Å². The van der Waals surface area contributed by atoms with Crippen molar-refractivity contribution in [2.24, 2.45) is 10.9 Å². The van der Waals surface area contributed by atoms with Gasteiger partial charge in [-0.25, -0.2) is 9.98 Å². The zero-order valence-corrected chi connectivity index (χ0v) is 18.0. The van der Waals surface area contributed by atoms with Crippen LogP contribution in [0.25, 0.3) is 0 Å². The Labute approximate surface area is 179 Å². The van der Waals surface area contributed by atoms with E-state index in [-0.39, 0.29) is 0 Å². The number of ether oxygens (including phenoxy) is 1. The van der Waals surface area contributed by atoms with Gasteiger partial charge < -0.3 is 19.5 Å². The first-order valence-corrected chi connectivity index (χ1v) is 11.2.